The zero-order valence-electron chi connectivity index (χ0n) is 13.8. The van der Waals surface area contributed by atoms with Crippen molar-refractivity contribution in [3.63, 3.8) is 0 Å². The fourth-order valence-corrected chi connectivity index (χ4v) is 3.25. The average molecular weight is 512 g/mol. The highest BCUT2D eigenvalue weighted by Crippen LogP contribution is 2.25. The summed E-state index contributed by atoms with van der Waals surface area (Å²) in [6.45, 7) is 2.39. The molecule has 0 saturated carbocycles. The van der Waals surface area contributed by atoms with Crippen molar-refractivity contribution in [2.45, 2.75) is 24.4 Å². The Kier molecular flexibility index (Phi) is 9.20. The van der Waals surface area contributed by atoms with E-state index < -0.39 is 10.8 Å². The summed E-state index contributed by atoms with van der Waals surface area (Å²) >= 11 is 12.1. The summed E-state index contributed by atoms with van der Waals surface area (Å²) < 4.78 is 11.4. The molecular weight excluding hydrogens is 492 g/mol. The molecule has 2 rings (SSSR count). The monoisotopic (exact) mass is 511 g/mol. The lowest BCUT2D eigenvalue weighted by Gasteiger charge is -2.16. The third-order valence-electron chi connectivity index (χ3n) is 3.48. The summed E-state index contributed by atoms with van der Waals surface area (Å²) in [5.41, 5.74) is 7.83. The number of nitrogens with zero attached hydrogens (tertiary/aromatic N) is 1. The van der Waals surface area contributed by atoms with Gasteiger partial charge in [0.1, 0.15) is 0 Å². The second-order valence-electron chi connectivity index (χ2n) is 5.33. The van der Waals surface area contributed by atoms with Crippen LogP contribution in [0.5, 0.6) is 0 Å². The van der Waals surface area contributed by atoms with Crippen molar-refractivity contribution < 1.29 is 4.21 Å². The van der Waals surface area contributed by atoms with Crippen LogP contribution in [0.15, 0.2) is 52.4 Å². The molecule has 0 aliphatic carbocycles. The Balaban J connectivity index is 0.00000312. The molecule has 0 aromatic heterocycles. The Hall–Kier alpha value is -0.830. The Morgan fingerprint density at radius 3 is 2.44 bits per heavy atom. The zero-order valence-corrected chi connectivity index (χ0v) is 18.5. The minimum absolute atomic E-state index is 0. The van der Waals surface area contributed by atoms with Crippen LogP contribution < -0.4 is 11.1 Å². The van der Waals surface area contributed by atoms with Crippen molar-refractivity contribution >= 4 is 63.9 Å². The fraction of sp³-hybridized carbons (Fsp3) is 0.235. The highest BCUT2D eigenvalue weighted by molar-refractivity contribution is 14.0. The molecule has 0 radical (unpaired) electrons. The number of nitrogens with one attached hydrogen (secondary N) is 1. The SMILES string of the molecule is CC(NC(N)=NCc1ccc(S(C)=O)cc1)c1ccc(Cl)cc1Cl.I. The van der Waals surface area contributed by atoms with Crippen LogP contribution in [0.4, 0.5) is 0 Å². The van der Waals surface area contributed by atoms with Crippen LogP contribution in [0.25, 0.3) is 0 Å². The topological polar surface area (TPSA) is 67.5 Å². The van der Waals surface area contributed by atoms with Crippen molar-refractivity contribution in [1.29, 1.82) is 0 Å². The minimum atomic E-state index is -0.978. The molecule has 3 N–H and O–H groups in total. The van der Waals surface area contributed by atoms with E-state index in [0.717, 1.165) is 16.0 Å². The lowest BCUT2D eigenvalue weighted by molar-refractivity contribution is 0.686. The van der Waals surface area contributed by atoms with Crippen LogP contribution in [0.2, 0.25) is 10.0 Å². The van der Waals surface area contributed by atoms with Gasteiger partial charge in [-0.15, -0.1) is 24.0 Å². The first-order valence-corrected chi connectivity index (χ1v) is 9.62. The first kappa shape index (κ1) is 22.2. The van der Waals surface area contributed by atoms with Gasteiger partial charge in [0.25, 0.3) is 0 Å². The standard InChI is InChI=1S/C17H19Cl2N3OS.HI/c1-11(15-8-5-13(18)9-16(15)19)22-17(20)21-10-12-3-6-14(7-4-12)24(2)23;/h3-9,11H,10H2,1-2H3,(H3,20,21,22);1H. The lowest BCUT2D eigenvalue weighted by Crippen LogP contribution is -2.34. The molecule has 2 atom stereocenters. The van der Waals surface area contributed by atoms with Gasteiger partial charge in [0.15, 0.2) is 5.96 Å². The number of hydrogen-bond acceptors (Lipinski definition) is 2. The molecule has 2 aromatic rings. The van der Waals surface area contributed by atoms with Crippen LogP contribution >= 0.6 is 47.2 Å². The number of guanidine groups is 1. The van der Waals surface area contributed by atoms with Crippen LogP contribution in [0.3, 0.4) is 0 Å². The van der Waals surface area contributed by atoms with Gasteiger partial charge in [-0.05, 0) is 42.3 Å². The predicted octanol–water partition coefficient (Wildman–Crippen LogP) is 4.51. The highest BCUT2D eigenvalue weighted by Gasteiger charge is 2.10. The first-order chi connectivity index (χ1) is 11.4. The van der Waals surface area contributed by atoms with Crippen LogP contribution in [-0.2, 0) is 17.3 Å². The summed E-state index contributed by atoms with van der Waals surface area (Å²) in [5, 5.41) is 4.28. The van der Waals surface area contributed by atoms with Gasteiger partial charge in [-0.25, -0.2) is 4.99 Å². The van der Waals surface area contributed by atoms with E-state index in [0.29, 0.717) is 22.5 Å². The van der Waals surface area contributed by atoms with Crippen LogP contribution in [-0.4, -0.2) is 16.4 Å². The molecule has 0 heterocycles. The first-order valence-electron chi connectivity index (χ1n) is 7.30. The van der Waals surface area contributed by atoms with Crippen molar-refractivity contribution in [3.8, 4) is 0 Å². The molecule has 0 bridgehead atoms. The van der Waals surface area contributed by atoms with E-state index in [-0.39, 0.29) is 30.0 Å². The maximum absolute atomic E-state index is 11.4. The second kappa shape index (κ2) is 10.4. The van der Waals surface area contributed by atoms with E-state index in [2.05, 4.69) is 10.3 Å². The van der Waals surface area contributed by atoms with Gasteiger partial charge in [-0.3, -0.25) is 4.21 Å². The minimum Gasteiger partial charge on any atom is -0.370 e. The fourth-order valence-electron chi connectivity index (χ4n) is 2.16. The van der Waals surface area contributed by atoms with Crippen LogP contribution in [0.1, 0.15) is 24.1 Å². The van der Waals surface area contributed by atoms with Crippen molar-refractivity contribution in [2.75, 3.05) is 6.26 Å². The molecule has 0 spiro atoms. The van der Waals surface area contributed by atoms with E-state index in [9.17, 15) is 4.21 Å². The van der Waals surface area contributed by atoms with E-state index in [1.165, 1.54) is 0 Å². The van der Waals surface area contributed by atoms with Crippen LogP contribution in [0, 0.1) is 0 Å². The smallest absolute Gasteiger partial charge is 0.189 e. The Bertz CT molecular complexity index is 769. The van der Waals surface area contributed by atoms with Crippen molar-refractivity contribution in [1.82, 2.24) is 5.32 Å². The number of nitrogens with two attached hydrogens (primary N) is 1. The number of rotatable bonds is 5. The summed E-state index contributed by atoms with van der Waals surface area (Å²) in [7, 11) is -0.978. The molecule has 8 heteroatoms. The Labute approximate surface area is 177 Å². The lowest BCUT2D eigenvalue weighted by atomic mass is 10.1. The van der Waals surface area contributed by atoms with E-state index in [4.69, 9.17) is 28.9 Å². The summed E-state index contributed by atoms with van der Waals surface area (Å²) in [5.74, 6) is 0.330. The second-order valence-corrected chi connectivity index (χ2v) is 7.55. The summed E-state index contributed by atoms with van der Waals surface area (Å²) in [6.07, 6.45) is 1.65. The van der Waals surface area contributed by atoms with E-state index in [1.807, 2.05) is 37.3 Å². The molecule has 0 saturated heterocycles. The Morgan fingerprint density at radius 1 is 1.24 bits per heavy atom. The Morgan fingerprint density at radius 2 is 1.88 bits per heavy atom. The number of hydrogen-bond donors (Lipinski definition) is 2. The normalized spacial score (nSPS) is 13.7. The third kappa shape index (κ3) is 6.77. The molecule has 0 aliphatic heterocycles. The molecule has 25 heavy (non-hydrogen) atoms. The van der Waals surface area contributed by atoms with Crippen molar-refractivity contribution in [2.24, 2.45) is 10.7 Å². The molecule has 0 fully saturated rings. The molecule has 0 amide bonds. The predicted molar refractivity (Wildman–Crippen MR) is 118 cm³/mol. The largest absolute Gasteiger partial charge is 0.370 e. The molecule has 136 valence electrons. The van der Waals surface area contributed by atoms with Gasteiger partial charge in [0, 0.05) is 32.0 Å². The summed E-state index contributed by atoms with van der Waals surface area (Å²) in [4.78, 5) is 5.11. The molecule has 0 aliphatic rings. The highest BCUT2D eigenvalue weighted by atomic mass is 127. The third-order valence-corrected chi connectivity index (χ3v) is 4.98. The summed E-state index contributed by atoms with van der Waals surface area (Å²) in [6, 6.07) is 12.7. The molecule has 4 nitrogen and oxygen atoms in total. The van der Waals surface area contributed by atoms with E-state index in [1.54, 1.807) is 18.4 Å². The molecule has 2 unspecified atom stereocenters. The maximum Gasteiger partial charge on any atom is 0.189 e. The van der Waals surface area contributed by atoms with Crippen molar-refractivity contribution in [3.05, 3.63) is 63.6 Å². The van der Waals surface area contributed by atoms with Gasteiger partial charge in [-0.1, -0.05) is 41.4 Å². The van der Waals surface area contributed by atoms with Gasteiger partial charge in [0.05, 0.1) is 12.6 Å². The number of halogens is 3. The molecular formula is C17H20Cl2IN3OS. The number of aliphatic imine (C=N–C) groups is 1. The number of benzene rings is 2. The average Bonchev–Trinajstić information content (AvgIpc) is 2.53. The zero-order chi connectivity index (χ0) is 17.7. The van der Waals surface area contributed by atoms with Gasteiger partial charge in [-0.2, -0.15) is 0 Å². The van der Waals surface area contributed by atoms with E-state index >= 15 is 0 Å². The van der Waals surface area contributed by atoms with Gasteiger partial charge < -0.3 is 11.1 Å². The maximum atomic E-state index is 11.4. The van der Waals surface area contributed by atoms with Gasteiger partial charge >= 0.3 is 0 Å². The quantitative estimate of drug-likeness (QED) is 0.352. The van der Waals surface area contributed by atoms with Gasteiger partial charge in [0.2, 0.25) is 0 Å². The molecule has 2 aromatic carbocycles.